The minimum atomic E-state index is -1.18. The number of ether oxygens (including phenoxy) is 2. The second-order valence-electron chi connectivity index (χ2n) is 12.7. The molecule has 2 bridgehead atoms. The molecule has 1 N–H and O–H groups in total. The number of amides is 3. The van der Waals surface area contributed by atoms with Crippen LogP contribution in [0.25, 0.3) is 0 Å². The molecule has 0 saturated carbocycles. The molecule has 4 aliphatic rings. The van der Waals surface area contributed by atoms with E-state index in [1.54, 1.807) is 26.0 Å². The molecule has 3 aromatic rings. The summed E-state index contributed by atoms with van der Waals surface area (Å²) in [4.78, 5) is 67.7. The predicted molar refractivity (Wildman–Crippen MR) is 165 cm³/mol. The number of benzene rings is 3. The van der Waals surface area contributed by atoms with Crippen molar-refractivity contribution in [2.75, 3.05) is 18.5 Å². The summed E-state index contributed by atoms with van der Waals surface area (Å²) in [7, 11) is 0. The monoisotopic (exact) mass is 608 g/mol. The van der Waals surface area contributed by atoms with Gasteiger partial charge in [0.1, 0.15) is 6.04 Å². The zero-order chi connectivity index (χ0) is 32.0. The molecule has 9 heteroatoms. The summed E-state index contributed by atoms with van der Waals surface area (Å²) in [6.07, 6.45) is 0. The van der Waals surface area contributed by atoms with E-state index in [0.29, 0.717) is 17.9 Å². The van der Waals surface area contributed by atoms with Crippen LogP contribution in [-0.2, 0) is 28.7 Å². The third kappa shape index (κ3) is 5.30. The number of carbonyl (C=O) groups is 5. The zero-order valence-corrected chi connectivity index (χ0v) is 25.7. The molecule has 45 heavy (non-hydrogen) atoms. The lowest BCUT2D eigenvalue weighted by molar-refractivity contribution is -0.162. The topological polar surface area (TPSA) is 119 Å². The number of esters is 2. The Hall–Kier alpha value is -4.79. The summed E-state index contributed by atoms with van der Waals surface area (Å²) in [6, 6.07) is 20.9. The largest absolute Gasteiger partial charge is 0.462 e. The molecule has 7 rings (SSSR count). The molecule has 0 spiro atoms. The molecule has 1 saturated heterocycles. The van der Waals surface area contributed by atoms with Gasteiger partial charge in [-0.15, -0.1) is 0 Å². The number of anilines is 1. The van der Waals surface area contributed by atoms with Gasteiger partial charge in [-0.25, -0.2) is 9.59 Å². The number of rotatable bonds is 9. The maximum Gasteiger partial charge on any atom is 0.338 e. The third-order valence-electron chi connectivity index (χ3n) is 8.93. The number of carbonyl (C=O) groups excluding carboxylic acids is 5. The molecule has 9 nitrogen and oxygen atoms in total. The Kier molecular flexibility index (Phi) is 8.03. The van der Waals surface area contributed by atoms with E-state index in [2.05, 4.69) is 5.32 Å². The number of nitrogens with one attached hydrogen (secondary N) is 1. The number of nitrogens with zero attached hydrogens (tertiary/aromatic N) is 1. The Bertz CT molecular complexity index is 1560. The summed E-state index contributed by atoms with van der Waals surface area (Å²) in [6.45, 7) is 7.08. The van der Waals surface area contributed by atoms with Crippen molar-refractivity contribution in [3.8, 4) is 0 Å². The highest BCUT2D eigenvalue weighted by atomic mass is 16.5. The van der Waals surface area contributed by atoms with Crippen molar-refractivity contribution in [3.63, 3.8) is 0 Å². The summed E-state index contributed by atoms with van der Waals surface area (Å²) in [5, 5.41) is 2.63. The molecule has 3 amide bonds. The van der Waals surface area contributed by atoms with Crippen LogP contribution in [0, 0.1) is 23.7 Å². The fraction of sp³-hybridized carbons (Fsp3) is 0.361. The average molecular weight is 609 g/mol. The van der Waals surface area contributed by atoms with Gasteiger partial charge in [-0.1, -0.05) is 76.2 Å². The van der Waals surface area contributed by atoms with Crippen LogP contribution in [0.4, 0.5) is 5.69 Å². The number of hydrogen-bond acceptors (Lipinski definition) is 7. The van der Waals surface area contributed by atoms with Crippen molar-refractivity contribution in [1.82, 2.24) is 4.90 Å². The van der Waals surface area contributed by atoms with Crippen molar-refractivity contribution in [2.24, 2.45) is 23.7 Å². The highest BCUT2D eigenvalue weighted by molar-refractivity contribution is 6.10. The SMILES string of the molecule is CC(C)COC(=O)c1ccc(NC(=O)COC(=O)[C@H](C(C)C)N2C(=O)[C@H]3C4c5ccccc5C(c5ccccc54)[C@@H]3C2=O)cc1. The molecule has 0 aromatic heterocycles. The summed E-state index contributed by atoms with van der Waals surface area (Å²) < 4.78 is 10.6. The van der Waals surface area contributed by atoms with E-state index in [4.69, 9.17) is 9.47 Å². The smallest absolute Gasteiger partial charge is 0.338 e. The Balaban J connectivity index is 1.15. The first kappa shape index (κ1) is 30.2. The highest BCUT2D eigenvalue weighted by Gasteiger charge is 2.63. The first-order chi connectivity index (χ1) is 21.6. The normalized spacial score (nSPS) is 21.7. The van der Waals surface area contributed by atoms with Gasteiger partial charge in [-0.2, -0.15) is 0 Å². The van der Waals surface area contributed by atoms with Gasteiger partial charge in [-0.3, -0.25) is 19.3 Å². The summed E-state index contributed by atoms with van der Waals surface area (Å²) in [5.41, 5.74) is 4.94. The number of imide groups is 1. The molecule has 1 heterocycles. The van der Waals surface area contributed by atoms with Crippen LogP contribution in [0.3, 0.4) is 0 Å². The first-order valence-electron chi connectivity index (χ1n) is 15.4. The maximum absolute atomic E-state index is 14.1. The third-order valence-corrected chi connectivity index (χ3v) is 8.93. The van der Waals surface area contributed by atoms with Gasteiger partial charge >= 0.3 is 11.9 Å². The van der Waals surface area contributed by atoms with Crippen molar-refractivity contribution < 1.29 is 33.4 Å². The van der Waals surface area contributed by atoms with Gasteiger partial charge in [0, 0.05) is 17.5 Å². The minimum Gasteiger partial charge on any atom is -0.462 e. The van der Waals surface area contributed by atoms with Crippen LogP contribution in [0.5, 0.6) is 0 Å². The van der Waals surface area contributed by atoms with Crippen LogP contribution < -0.4 is 5.32 Å². The van der Waals surface area contributed by atoms with E-state index in [1.807, 2.05) is 62.4 Å². The maximum atomic E-state index is 14.1. The number of likely N-dealkylation sites (tertiary alicyclic amines) is 1. The van der Waals surface area contributed by atoms with Crippen molar-refractivity contribution in [1.29, 1.82) is 0 Å². The van der Waals surface area contributed by atoms with E-state index in [1.165, 1.54) is 12.1 Å². The molecule has 3 atom stereocenters. The van der Waals surface area contributed by atoms with Crippen molar-refractivity contribution in [2.45, 2.75) is 45.6 Å². The minimum absolute atomic E-state index is 0.209. The quantitative estimate of drug-likeness (QED) is 0.271. The van der Waals surface area contributed by atoms with Gasteiger partial charge < -0.3 is 14.8 Å². The molecule has 1 fully saturated rings. The lowest BCUT2D eigenvalue weighted by Crippen LogP contribution is -2.49. The fourth-order valence-electron chi connectivity index (χ4n) is 7.08. The molecule has 0 radical (unpaired) electrons. The fourth-order valence-corrected chi connectivity index (χ4v) is 7.08. The number of hydrogen-bond donors (Lipinski definition) is 1. The van der Waals surface area contributed by atoms with Crippen LogP contribution >= 0.6 is 0 Å². The van der Waals surface area contributed by atoms with E-state index in [-0.39, 0.29) is 29.6 Å². The second-order valence-corrected chi connectivity index (χ2v) is 12.7. The Morgan fingerprint density at radius 1 is 0.733 bits per heavy atom. The molecule has 3 aliphatic carbocycles. The molecule has 232 valence electrons. The molecule has 1 aliphatic heterocycles. The van der Waals surface area contributed by atoms with E-state index >= 15 is 0 Å². The van der Waals surface area contributed by atoms with Crippen LogP contribution in [0.2, 0.25) is 0 Å². The molecular weight excluding hydrogens is 572 g/mol. The summed E-state index contributed by atoms with van der Waals surface area (Å²) in [5.74, 6) is -4.66. The zero-order valence-electron chi connectivity index (χ0n) is 25.7. The van der Waals surface area contributed by atoms with E-state index in [9.17, 15) is 24.0 Å². The van der Waals surface area contributed by atoms with Gasteiger partial charge in [0.25, 0.3) is 5.91 Å². The van der Waals surface area contributed by atoms with Crippen molar-refractivity contribution in [3.05, 3.63) is 101 Å². The van der Waals surface area contributed by atoms with Gasteiger partial charge in [-0.05, 0) is 58.4 Å². The van der Waals surface area contributed by atoms with Crippen LogP contribution in [0.1, 0.15) is 72.1 Å². The lowest BCUT2D eigenvalue weighted by Gasteiger charge is -2.45. The predicted octanol–water partition coefficient (Wildman–Crippen LogP) is 4.90. The van der Waals surface area contributed by atoms with Crippen LogP contribution in [-0.4, -0.2) is 53.8 Å². The Morgan fingerprint density at radius 2 is 1.22 bits per heavy atom. The molecule has 0 unspecified atom stereocenters. The standard InChI is InChI=1S/C36H36N2O7/c1-19(2)17-44-35(42)21-13-15-22(16-14-21)37-27(39)18-45-36(43)32(20(3)4)38-33(40)30-28-23-9-5-6-10-24(23)29(31(30)34(38)41)26-12-8-7-11-25(26)28/h5-16,19-20,28-32H,17-18H2,1-4H3,(H,37,39)/t28?,29?,30-,31-,32-/m0/s1. The van der Waals surface area contributed by atoms with Gasteiger partial charge in [0.05, 0.1) is 24.0 Å². The Labute approximate surface area is 261 Å². The van der Waals surface area contributed by atoms with Gasteiger partial charge in [0.15, 0.2) is 6.61 Å². The van der Waals surface area contributed by atoms with Crippen LogP contribution in [0.15, 0.2) is 72.8 Å². The average Bonchev–Trinajstić information content (AvgIpc) is 3.29. The first-order valence-corrected chi connectivity index (χ1v) is 15.4. The van der Waals surface area contributed by atoms with Gasteiger partial charge in [0.2, 0.25) is 11.8 Å². The van der Waals surface area contributed by atoms with Crippen molar-refractivity contribution >= 4 is 35.3 Å². The Morgan fingerprint density at radius 3 is 1.67 bits per heavy atom. The second kappa shape index (κ2) is 12.0. The van der Waals surface area contributed by atoms with E-state index in [0.717, 1.165) is 27.2 Å². The lowest BCUT2D eigenvalue weighted by atomic mass is 9.55. The molecular formula is C36H36N2O7. The molecule has 3 aromatic carbocycles. The highest BCUT2D eigenvalue weighted by Crippen LogP contribution is 2.61. The van der Waals surface area contributed by atoms with E-state index < -0.39 is 48.2 Å². The summed E-state index contributed by atoms with van der Waals surface area (Å²) >= 11 is 0.